The average Bonchev–Trinajstić information content (AvgIpc) is 3.46. The van der Waals surface area contributed by atoms with E-state index in [1.807, 2.05) is 17.9 Å². The van der Waals surface area contributed by atoms with E-state index in [0.29, 0.717) is 24.0 Å². The number of pyridine rings is 2. The van der Waals surface area contributed by atoms with Gasteiger partial charge in [0.25, 0.3) is 5.91 Å². The Morgan fingerprint density at radius 3 is 3.00 bits per heavy atom. The summed E-state index contributed by atoms with van der Waals surface area (Å²) in [5.41, 5.74) is 1.16. The van der Waals surface area contributed by atoms with Crippen molar-refractivity contribution in [3.63, 3.8) is 0 Å². The van der Waals surface area contributed by atoms with Gasteiger partial charge >= 0.3 is 0 Å². The summed E-state index contributed by atoms with van der Waals surface area (Å²) in [4.78, 5) is 35.2. The van der Waals surface area contributed by atoms with E-state index in [2.05, 4.69) is 31.2 Å². The van der Waals surface area contributed by atoms with Crippen LogP contribution >= 0.6 is 15.9 Å². The number of hydrogen-bond donors (Lipinski definition) is 1. The van der Waals surface area contributed by atoms with Crippen LogP contribution in [0.25, 0.3) is 10.9 Å². The SMILES string of the molecule is CCC(=O)N1CCCC(C2CC2NC(=O)c2ccc3cncc(Br)c3n2)C1. The largest absolute Gasteiger partial charge is 0.348 e. The molecule has 2 aliphatic rings. The number of aromatic nitrogens is 2. The van der Waals surface area contributed by atoms with Crippen LogP contribution in [0.3, 0.4) is 0 Å². The second-order valence-electron chi connectivity index (χ2n) is 7.46. The van der Waals surface area contributed by atoms with Crippen molar-refractivity contribution in [1.29, 1.82) is 0 Å². The van der Waals surface area contributed by atoms with Crippen LogP contribution in [0.15, 0.2) is 29.0 Å². The lowest BCUT2D eigenvalue weighted by atomic mass is 9.92. The minimum absolute atomic E-state index is 0.134. The number of carbonyl (C=O) groups excluding carboxylic acids is 2. The highest BCUT2D eigenvalue weighted by atomic mass is 79.9. The molecule has 2 amide bonds. The number of piperidine rings is 1. The fourth-order valence-electron chi connectivity index (χ4n) is 4.09. The third kappa shape index (κ3) is 3.83. The normalized spacial score (nSPS) is 24.7. The molecule has 2 aromatic heterocycles. The van der Waals surface area contributed by atoms with Crippen molar-refractivity contribution in [3.05, 3.63) is 34.7 Å². The van der Waals surface area contributed by atoms with Crippen LogP contribution in [-0.2, 0) is 4.79 Å². The van der Waals surface area contributed by atoms with Crippen LogP contribution in [0.1, 0.15) is 43.1 Å². The Balaban J connectivity index is 1.39. The molecule has 2 fully saturated rings. The summed E-state index contributed by atoms with van der Waals surface area (Å²) < 4.78 is 0.779. The van der Waals surface area contributed by atoms with Crippen molar-refractivity contribution in [2.75, 3.05) is 13.1 Å². The molecule has 2 aromatic rings. The van der Waals surface area contributed by atoms with E-state index in [1.54, 1.807) is 18.5 Å². The molecule has 1 aliphatic heterocycles. The van der Waals surface area contributed by atoms with E-state index in [1.165, 1.54) is 0 Å². The zero-order valence-corrected chi connectivity index (χ0v) is 16.9. The van der Waals surface area contributed by atoms with Gasteiger partial charge < -0.3 is 10.2 Å². The predicted molar refractivity (Wildman–Crippen MR) is 106 cm³/mol. The van der Waals surface area contributed by atoms with Crippen LogP contribution in [0, 0.1) is 11.8 Å². The van der Waals surface area contributed by atoms with E-state index in [4.69, 9.17) is 0 Å². The van der Waals surface area contributed by atoms with Crippen molar-refractivity contribution in [3.8, 4) is 0 Å². The van der Waals surface area contributed by atoms with Gasteiger partial charge in [0.1, 0.15) is 5.69 Å². The Bertz CT molecular complexity index is 887. The van der Waals surface area contributed by atoms with E-state index in [0.717, 1.165) is 47.7 Å². The molecule has 3 atom stereocenters. The van der Waals surface area contributed by atoms with Gasteiger partial charge in [0, 0.05) is 43.3 Å². The molecule has 3 heterocycles. The summed E-state index contributed by atoms with van der Waals surface area (Å²) in [6.07, 6.45) is 7.17. The molecule has 7 heteroatoms. The van der Waals surface area contributed by atoms with Crippen LogP contribution in [0.2, 0.25) is 0 Å². The first kappa shape index (κ1) is 18.3. The number of halogens is 1. The lowest BCUT2D eigenvalue weighted by Gasteiger charge is -2.33. The van der Waals surface area contributed by atoms with Crippen LogP contribution in [0.5, 0.6) is 0 Å². The quantitative estimate of drug-likeness (QED) is 0.807. The Labute approximate surface area is 166 Å². The number of nitrogens with zero attached hydrogens (tertiary/aromatic N) is 3. The molecule has 0 bridgehead atoms. The maximum Gasteiger partial charge on any atom is 0.270 e. The molecule has 1 N–H and O–H groups in total. The monoisotopic (exact) mass is 430 g/mol. The van der Waals surface area contributed by atoms with Gasteiger partial charge in [-0.15, -0.1) is 0 Å². The standard InChI is InChI=1S/C20H23BrN4O2/c1-2-18(26)25-7-3-4-13(11-25)14-8-17(14)24-20(27)16-6-5-12-9-22-10-15(21)19(12)23-16/h5-6,9-10,13-14,17H,2-4,7-8,11H2,1H3,(H,24,27). The van der Waals surface area contributed by atoms with Crippen molar-refractivity contribution in [1.82, 2.24) is 20.2 Å². The first-order chi connectivity index (χ1) is 13.1. The predicted octanol–water partition coefficient (Wildman–Crippen LogP) is 3.16. The Morgan fingerprint density at radius 2 is 2.19 bits per heavy atom. The average molecular weight is 431 g/mol. The highest BCUT2D eigenvalue weighted by Gasteiger charge is 2.45. The summed E-state index contributed by atoms with van der Waals surface area (Å²) in [5.74, 6) is 1.06. The van der Waals surface area contributed by atoms with Crippen molar-refractivity contribution in [2.45, 2.75) is 38.6 Å². The highest BCUT2D eigenvalue weighted by molar-refractivity contribution is 9.10. The minimum Gasteiger partial charge on any atom is -0.348 e. The van der Waals surface area contributed by atoms with Gasteiger partial charge in [-0.3, -0.25) is 14.6 Å². The van der Waals surface area contributed by atoms with Gasteiger partial charge in [0.2, 0.25) is 5.91 Å². The van der Waals surface area contributed by atoms with Crippen LogP contribution in [0.4, 0.5) is 0 Å². The minimum atomic E-state index is -0.134. The van der Waals surface area contributed by atoms with Gasteiger partial charge in [-0.25, -0.2) is 4.98 Å². The fourth-order valence-corrected chi connectivity index (χ4v) is 4.53. The molecule has 1 aliphatic carbocycles. The number of hydrogen-bond acceptors (Lipinski definition) is 4. The molecule has 27 heavy (non-hydrogen) atoms. The Hall–Kier alpha value is -2.02. The lowest BCUT2D eigenvalue weighted by Crippen LogP contribution is -2.41. The van der Waals surface area contributed by atoms with Crippen molar-refractivity contribution >= 4 is 38.6 Å². The van der Waals surface area contributed by atoms with Crippen molar-refractivity contribution in [2.24, 2.45) is 11.8 Å². The van der Waals surface area contributed by atoms with E-state index >= 15 is 0 Å². The molecular weight excluding hydrogens is 408 g/mol. The number of rotatable bonds is 4. The Morgan fingerprint density at radius 1 is 1.33 bits per heavy atom. The third-order valence-corrected chi connectivity index (χ3v) is 6.24. The molecule has 1 saturated heterocycles. The maximum absolute atomic E-state index is 12.6. The number of likely N-dealkylation sites (tertiary alicyclic amines) is 1. The van der Waals surface area contributed by atoms with Crippen molar-refractivity contribution < 1.29 is 9.59 Å². The molecular formula is C20H23BrN4O2. The van der Waals surface area contributed by atoms with E-state index in [9.17, 15) is 9.59 Å². The van der Waals surface area contributed by atoms with Crippen LogP contribution < -0.4 is 5.32 Å². The molecule has 0 spiro atoms. The number of fused-ring (bicyclic) bond motifs is 1. The van der Waals surface area contributed by atoms with Gasteiger partial charge in [-0.05, 0) is 59.2 Å². The molecule has 0 radical (unpaired) electrons. The Kier molecular flexibility index (Phi) is 5.12. The zero-order valence-electron chi connectivity index (χ0n) is 15.3. The summed E-state index contributed by atoms with van der Waals surface area (Å²) >= 11 is 3.44. The zero-order chi connectivity index (χ0) is 19.0. The molecule has 6 nitrogen and oxygen atoms in total. The topological polar surface area (TPSA) is 75.2 Å². The second-order valence-corrected chi connectivity index (χ2v) is 8.32. The summed E-state index contributed by atoms with van der Waals surface area (Å²) in [5, 5.41) is 4.02. The smallest absolute Gasteiger partial charge is 0.270 e. The van der Waals surface area contributed by atoms with E-state index < -0.39 is 0 Å². The number of carbonyl (C=O) groups is 2. The summed E-state index contributed by atoms with van der Waals surface area (Å²) in [6, 6.07) is 3.80. The maximum atomic E-state index is 12.6. The first-order valence-corrected chi connectivity index (χ1v) is 10.3. The fraction of sp³-hybridized carbons (Fsp3) is 0.500. The summed E-state index contributed by atoms with van der Waals surface area (Å²) in [6.45, 7) is 3.62. The molecule has 0 aromatic carbocycles. The first-order valence-electron chi connectivity index (χ1n) is 9.55. The van der Waals surface area contributed by atoms with Gasteiger partial charge in [0.15, 0.2) is 0 Å². The highest BCUT2D eigenvalue weighted by Crippen LogP contribution is 2.41. The van der Waals surface area contributed by atoms with Gasteiger partial charge in [-0.2, -0.15) is 0 Å². The molecule has 4 rings (SSSR count). The third-order valence-electron chi connectivity index (χ3n) is 5.66. The number of nitrogens with one attached hydrogen (secondary N) is 1. The molecule has 3 unspecified atom stereocenters. The second kappa shape index (κ2) is 7.54. The van der Waals surface area contributed by atoms with Gasteiger partial charge in [0.05, 0.1) is 9.99 Å². The molecule has 1 saturated carbocycles. The lowest BCUT2D eigenvalue weighted by molar-refractivity contribution is -0.132. The van der Waals surface area contributed by atoms with Crippen LogP contribution in [-0.4, -0.2) is 45.8 Å². The van der Waals surface area contributed by atoms with Gasteiger partial charge in [-0.1, -0.05) is 6.92 Å². The number of amides is 2. The summed E-state index contributed by atoms with van der Waals surface area (Å²) in [7, 11) is 0. The molecule has 142 valence electrons. The van der Waals surface area contributed by atoms with E-state index in [-0.39, 0.29) is 17.9 Å².